The topological polar surface area (TPSA) is 64.3 Å². The van der Waals surface area contributed by atoms with E-state index in [4.69, 9.17) is 0 Å². The Balaban J connectivity index is 2.02. The highest BCUT2D eigenvalue weighted by Crippen LogP contribution is 2.19. The maximum Gasteiger partial charge on any atom is 0.332 e. The first kappa shape index (κ1) is 17.0. The molecule has 1 fully saturated rings. The highest BCUT2D eigenvalue weighted by molar-refractivity contribution is 7.17. The third kappa shape index (κ3) is 2.92. The number of carbonyl (C=O) groups is 1. The molecule has 0 saturated carbocycles. The zero-order valence-corrected chi connectivity index (χ0v) is 15.0. The number of fused-ring (bicyclic) bond motifs is 1. The van der Waals surface area contributed by atoms with Crippen molar-refractivity contribution in [1.82, 2.24) is 14.0 Å². The van der Waals surface area contributed by atoms with Gasteiger partial charge in [-0.05, 0) is 44.1 Å². The number of rotatable bonds is 4. The van der Waals surface area contributed by atoms with E-state index in [1.807, 2.05) is 11.8 Å². The molecule has 1 amide bonds. The third-order valence-electron chi connectivity index (χ3n) is 4.70. The Morgan fingerprint density at radius 3 is 2.79 bits per heavy atom. The number of piperidine rings is 1. The first-order chi connectivity index (χ1) is 11.5. The lowest BCUT2D eigenvalue weighted by Crippen LogP contribution is -2.46. The molecule has 7 heteroatoms. The Morgan fingerprint density at radius 2 is 2.08 bits per heavy atom. The van der Waals surface area contributed by atoms with Crippen molar-refractivity contribution >= 4 is 27.5 Å². The molecule has 1 unspecified atom stereocenters. The molecule has 1 saturated heterocycles. The van der Waals surface area contributed by atoms with Crippen molar-refractivity contribution in [3.63, 3.8) is 0 Å². The second kappa shape index (κ2) is 6.93. The number of hydrogen-bond donors (Lipinski definition) is 0. The number of amides is 1. The molecule has 0 aromatic carbocycles. The van der Waals surface area contributed by atoms with Crippen LogP contribution in [0.5, 0.6) is 0 Å². The lowest BCUT2D eigenvalue weighted by molar-refractivity contribution is -0.135. The summed E-state index contributed by atoms with van der Waals surface area (Å²) in [6.45, 7) is 5.10. The zero-order chi connectivity index (χ0) is 17.3. The van der Waals surface area contributed by atoms with Crippen molar-refractivity contribution in [3.8, 4) is 0 Å². The predicted molar refractivity (Wildman–Crippen MR) is 95.7 cm³/mol. The van der Waals surface area contributed by atoms with Crippen LogP contribution < -0.4 is 11.2 Å². The van der Waals surface area contributed by atoms with E-state index in [1.165, 1.54) is 20.5 Å². The molecule has 1 aliphatic rings. The second-order valence-corrected chi connectivity index (χ2v) is 7.31. The Morgan fingerprint density at radius 1 is 1.29 bits per heavy atom. The van der Waals surface area contributed by atoms with E-state index in [9.17, 15) is 14.4 Å². The lowest BCUT2D eigenvalue weighted by atomic mass is 10.0. The quantitative estimate of drug-likeness (QED) is 0.848. The van der Waals surface area contributed by atoms with E-state index in [-0.39, 0.29) is 29.7 Å². The minimum absolute atomic E-state index is 0.000398. The van der Waals surface area contributed by atoms with Crippen molar-refractivity contribution in [1.29, 1.82) is 0 Å². The molecule has 0 N–H and O–H groups in total. The van der Waals surface area contributed by atoms with Crippen molar-refractivity contribution < 1.29 is 4.79 Å². The number of nitrogens with zero attached hydrogens (tertiary/aromatic N) is 3. The van der Waals surface area contributed by atoms with Gasteiger partial charge in [0.25, 0.3) is 5.56 Å². The average Bonchev–Trinajstić information content (AvgIpc) is 3.05. The number of carbonyl (C=O) groups excluding carboxylic acids is 1. The molecule has 0 spiro atoms. The number of hydrogen-bond acceptors (Lipinski definition) is 4. The Hall–Kier alpha value is -1.89. The zero-order valence-electron chi connectivity index (χ0n) is 14.2. The van der Waals surface area contributed by atoms with Gasteiger partial charge in [-0.1, -0.05) is 6.92 Å². The molecule has 3 heterocycles. The largest absolute Gasteiger partial charge is 0.338 e. The highest BCUT2D eigenvalue weighted by atomic mass is 32.1. The van der Waals surface area contributed by atoms with E-state index in [1.54, 1.807) is 11.4 Å². The summed E-state index contributed by atoms with van der Waals surface area (Å²) < 4.78 is 3.26. The summed E-state index contributed by atoms with van der Waals surface area (Å²) in [4.78, 5) is 39.8. The normalized spacial score (nSPS) is 18.2. The summed E-state index contributed by atoms with van der Waals surface area (Å²) in [7, 11) is 0. The van der Waals surface area contributed by atoms with Gasteiger partial charge in [-0.15, -0.1) is 11.3 Å². The molecule has 6 nitrogen and oxygen atoms in total. The summed E-state index contributed by atoms with van der Waals surface area (Å²) in [5.41, 5.74) is -0.0620. The molecule has 24 heavy (non-hydrogen) atoms. The fourth-order valence-electron chi connectivity index (χ4n) is 3.40. The maximum absolute atomic E-state index is 12.8. The van der Waals surface area contributed by atoms with Crippen molar-refractivity contribution in [2.24, 2.45) is 0 Å². The van der Waals surface area contributed by atoms with Crippen molar-refractivity contribution in [3.05, 3.63) is 32.3 Å². The molecule has 2 aromatic heterocycles. The maximum atomic E-state index is 12.8. The lowest BCUT2D eigenvalue weighted by Gasteiger charge is -2.33. The van der Waals surface area contributed by atoms with Crippen LogP contribution in [0.25, 0.3) is 10.2 Å². The first-order valence-electron chi connectivity index (χ1n) is 8.55. The summed E-state index contributed by atoms with van der Waals surface area (Å²) in [5, 5.41) is 1.80. The van der Waals surface area contributed by atoms with Gasteiger partial charge in [0.1, 0.15) is 11.2 Å². The number of aromatic nitrogens is 2. The molecule has 0 bridgehead atoms. The Kier molecular flexibility index (Phi) is 4.89. The van der Waals surface area contributed by atoms with E-state index >= 15 is 0 Å². The van der Waals surface area contributed by atoms with Gasteiger partial charge in [0, 0.05) is 19.1 Å². The van der Waals surface area contributed by atoms with Gasteiger partial charge < -0.3 is 4.90 Å². The van der Waals surface area contributed by atoms with Gasteiger partial charge in [0.05, 0.1) is 5.52 Å². The van der Waals surface area contributed by atoms with Gasteiger partial charge in [-0.2, -0.15) is 0 Å². The summed E-state index contributed by atoms with van der Waals surface area (Å²) in [6, 6.07) is 1.97. The predicted octanol–water partition coefficient (Wildman–Crippen LogP) is 2.04. The minimum Gasteiger partial charge on any atom is -0.338 e. The van der Waals surface area contributed by atoms with Crippen LogP contribution in [0, 0.1) is 0 Å². The standard InChI is InChI=1S/C17H23N3O3S/c1-3-8-19-16(22)15-13(7-10-24-15)20(17(19)23)11-14(21)18-9-5-4-6-12(18)2/h7,10,12H,3-6,8-9,11H2,1-2H3. The smallest absolute Gasteiger partial charge is 0.332 e. The monoisotopic (exact) mass is 349 g/mol. The second-order valence-electron chi connectivity index (χ2n) is 6.39. The highest BCUT2D eigenvalue weighted by Gasteiger charge is 2.25. The molecule has 2 aromatic rings. The van der Waals surface area contributed by atoms with Gasteiger partial charge in [-0.3, -0.25) is 18.7 Å². The Bertz CT molecular complexity index is 864. The van der Waals surface area contributed by atoms with Gasteiger partial charge in [0.2, 0.25) is 5.91 Å². The van der Waals surface area contributed by atoms with Crippen LogP contribution in [0.1, 0.15) is 39.5 Å². The van der Waals surface area contributed by atoms with Crippen LogP contribution in [0.15, 0.2) is 21.0 Å². The van der Waals surface area contributed by atoms with Gasteiger partial charge in [0.15, 0.2) is 0 Å². The molecule has 1 aliphatic heterocycles. The third-order valence-corrected chi connectivity index (χ3v) is 5.59. The van der Waals surface area contributed by atoms with Crippen LogP contribution >= 0.6 is 11.3 Å². The first-order valence-corrected chi connectivity index (χ1v) is 9.43. The number of thiophene rings is 1. The van der Waals surface area contributed by atoms with Crippen LogP contribution in [0.2, 0.25) is 0 Å². The van der Waals surface area contributed by atoms with Gasteiger partial charge in [-0.25, -0.2) is 4.79 Å². The Labute approximate surface area is 144 Å². The van der Waals surface area contributed by atoms with Gasteiger partial charge >= 0.3 is 5.69 Å². The summed E-state index contributed by atoms with van der Waals surface area (Å²) in [6.07, 6.45) is 3.85. The van der Waals surface area contributed by atoms with E-state index < -0.39 is 0 Å². The molecule has 0 aliphatic carbocycles. The molecule has 130 valence electrons. The SMILES string of the molecule is CCCn1c(=O)c2sccc2n(CC(=O)N2CCCCC2C)c1=O. The molecule has 3 rings (SSSR count). The van der Waals surface area contributed by atoms with Crippen molar-refractivity contribution in [2.45, 2.75) is 58.7 Å². The van der Waals surface area contributed by atoms with Crippen LogP contribution in [0.4, 0.5) is 0 Å². The van der Waals surface area contributed by atoms with Crippen LogP contribution in [-0.2, 0) is 17.9 Å². The summed E-state index contributed by atoms with van der Waals surface area (Å²) >= 11 is 1.32. The summed E-state index contributed by atoms with van der Waals surface area (Å²) in [5.74, 6) is -0.0431. The fourth-order valence-corrected chi connectivity index (χ4v) is 4.24. The van der Waals surface area contributed by atoms with Crippen molar-refractivity contribution in [2.75, 3.05) is 6.54 Å². The van der Waals surface area contributed by atoms with E-state index in [2.05, 4.69) is 6.92 Å². The molecule has 0 radical (unpaired) electrons. The van der Waals surface area contributed by atoms with E-state index in [0.717, 1.165) is 25.8 Å². The fraction of sp³-hybridized carbons (Fsp3) is 0.588. The molecular formula is C17H23N3O3S. The minimum atomic E-state index is -0.384. The molecular weight excluding hydrogens is 326 g/mol. The van der Waals surface area contributed by atoms with Crippen LogP contribution in [-0.4, -0.2) is 32.5 Å². The van der Waals surface area contributed by atoms with Crippen LogP contribution in [0.3, 0.4) is 0 Å². The average molecular weight is 349 g/mol. The van der Waals surface area contributed by atoms with E-state index in [0.29, 0.717) is 23.2 Å². The molecule has 1 atom stereocenters. The number of likely N-dealkylation sites (tertiary alicyclic amines) is 1.